The van der Waals surface area contributed by atoms with Gasteiger partial charge in [-0.2, -0.15) is 13.2 Å². The van der Waals surface area contributed by atoms with Crippen LogP contribution in [0.1, 0.15) is 23.5 Å². The van der Waals surface area contributed by atoms with Crippen molar-refractivity contribution in [3.8, 4) is 0 Å². The van der Waals surface area contributed by atoms with Crippen molar-refractivity contribution in [3.63, 3.8) is 0 Å². The van der Waals surface area contributed by atoms with Crippen LogP contribution in [0.3, 0.4) is 0 Å². The number of carbonyl (C=O) groups is 1. The Balaban J connectivity index is 2.44. The summed E-state index contributed by atoms with van der Waals surface area (Å²) in [7, 11) is 0. The maximum atomic E-state index is 12.7. The van der Waals surface area contributed by atoms with Crippen LogP contribution < -0.4 is 0 Å². The van der Waals surface area contributed by atoms with E-state index in [1.165, 1.54) is 18.2 Å². The highest BCUT2D eigenvalue weighted by atomic mass is 19.4. The zero-order chi connectivity index (χ0) is 11.8. The van der Waals surface area contributed by atoms with E-state index in [1.54, 1.807) is 0 Å². The van der Waals surface area contributed by atoms with Crippen LogP contribution in [-0.2, 0) is 15.7 Å². The molecule has 1 aromatic carbocycles. The third-order valence-electron chi connectivity index (χ3n) is 2.58. The number of carbonyl (C=O) groups excluding carboxylic acids is 1. The number of hydrogen-bond donors (Lipinski definition) is 0. The second-order valence-corrected chi connectivity index (χ2v) is 3.59. The van der Waals surface area contributed by atoms with E-state index in [0.717, 1.165) is 6.07 Å². The summed E-state index contributed by atoms with van der Waals surface area (Å²) in [6, 6.07) is 5.13. The molecule has 1 aliphatic rings. The van der Waals surface area contributed by atoms with Crippen molar-refractivity contribution in [2.24, 2.45) is 0 Å². The molecule has 0 N–H and O–H groups in total. The smallest absolute Gasteiger partial charge is 0.416 e. The monoisotopic (exact) mass is 230 g/mol. The highest BCUT2D eigenvalue weighted by molar-refractivity contribution is 5.80. The van der Waals surface area contributed by atoms with Gasteiger partial charge in [-0.25, -0.2) is 0 Å². The molecule has 5 heteroatoms. The molecule has 86 valence electrons. The fraction of sp³-hybridized carbons (Fsp3) is 0.364. The first-order valence-electron chi connectivity index (χ1n) is 4.83. The van der Waals surface area contributed by atoms with E-state index in [2.05, 4.69) is 4.74 Å². The van der Waals surface area contributed by atoms with Gasteiger partial charge in [0.05, 0.1) is 18.1 Å². The Labute approximate surface area is 90.0 Å². The number of alkyl halides is 3. The van der Waals surface area contributed by atoms with Crippen molar-refractivity contribution in [1.29, 1.82) is 0 Å². The first-order valence-corrected chi connectivity index (χ1v) is 4.83. The Bertz CT molecular complexity index is 412. The van der Waals surface area contributed by atoms with Gasteiger partial charge in [0.1, 0.15) is 0 Å². The molecule has 1 heterocycles. The molecule has 1 fully saturated rings. The van der Waals surface area contributed by atoms with Crippen molar-refractivity contribution < 1.29 is 22.7 Å². The average molecular weight is 230 g/mol. The van der Waals surface area contributed by atoms with Crippen molar-refractivity contribution in [1.82, 2.24) is 0 Å². The second kappa shape index (κ2) is 3.81. The summed E-state index contributed by atoms with van der Waals surface area (Å²) >= 11 is 0. The minimum absolute atomic E-state index is 0.0116. The minimum atomic E-state index is -4.43. The van der Waals surface area contributed by atoms with Gasteiger partial charge in [0.15, 0.2) is 0 Å². The molecule has 1 unspecified atom stereocenters. The molecule has 16 heavy (non-hydrogen) atoms. The topological polar surface area (TPSA) is 26.3 Å². The molecule has 0 aromatic heterocycles. The van der Waals surface area contributed by atoms with E-state index in [-0.39, 0.29) is 12.2 Å². The maximum absolute atomic E-state index is 12.7. The lowest BCUT2D eigenvalue weighted by molar-refractivity contribution is -0.141. The summed E-state index contributed by atoms with van der Waals surface area (Å²) in [6.07, 6.45) is -4.12. The van der Waals surface area contributed by atoms with Crippen LogP contribution in [0.5, 0.6) is 0 Å². The van der Waals surface area contributed by atoms with Crippen molar-refractivity contribution in [2.45, 2.75) is 18.5 Å². The zero-order valence-corrected chi connectivity index (χ0v) is 8.25. The number of esters is 1. The lowest BCUT2D eigenvalue weighted by Gasteiger charge is -2.14. The maximum Gasteiger partial charge on any atom is 0.416 e. The quantitative estimate of drug-likeness (QED) is 0.693. The van der Waals surface area contributed by atoms with Gasteiger partial charge in [0, 0.05) is 0 Å². The van der Waals surface area contributed by atoms with Crippen LogP contribution in [0, 0.1) is 0 Å². The minimum Gasteiger partial charge on any atom is -0.465 e. The van der Waals surface area contributed by atoms with E-state index in [9.17, 15) is 18.0 Å². The van der Waals surface area contributed by atoms with Crippen LogP contribution in [0.4, 0.5) is 13.2 Å². The van der Waals surface area contributed by atoms with Crippen LogP contribution in [0.25, 0.3) is 0 Å². The second-order valence-electron chi connectivity index (χ2n) is 3.59. The Morgan fingerprint density at radius 1 is 1.25 bits per heavy atom. The van der Waals surface area contributed by atoms with E-state index < -0.39 is 23.6 Å². The molecule has 1 saturated heterocycles. The molecule has 1 atom stereocenters. The largest absolute Gasteiger partial charge is 0.465 e. The van der Waals surface area contributed by atoms with Gasteiger partial charge in [0.2, 0.25) is 0 Å². The number of rotatable bonds is 1. The molecule has 1 aromatic rings. The number of benzene rings is 1. The normalized spacial score (nSPS) is 20.9. The molecule has 0 aliphatic carbocycles. The zero-order valence-electron chi connectivity index (χ0n) is 8.25. The predicted molar refractivity (Wildman–Crippen MR) is 49.8 cm³/mol. The Hall–Kier alpha value is -1.52. The highest BCUT2D eigenvalue weighted by Gasteiger charge is 2.38. The molecule has 0 bridgehead atoms. The van der Waals surface area contributed by atoms with Gasteiger partial charge in [-0.15, -0.1) is 0 Å². The summed E-state index contributed by atoms with van der Waals surface area (Å²) in [6.45, 7) is 0.190. The highest BCUT2D eigenvalue weighted by Crippen LogP contribution is 2.37. The summed E-state index contributed by atoms with van der Waals surface area (Å²) < 4.78 is 42.7. The Morgan fingerprint density at radius 3 is 2.50 bits per heavy atom. The van der Waals surface area contributed by atoms with Gasteiger partial charge in [0.25, 0.3) is 0 Å². The standard InChI is InChI=1S/C11H9F3O2/c12-11(13,14)9-4-2-1-3-7(9)8-5-6-16-10(8)15/h1-4,8H,5-6H2. The third kappa shape index (κ3) is 1.89. The van der Waals surface area contributed by atoms with Crippen molar-refractivity contribution >= 4 is 5.97 Å². The molecular formula is C11H9F3O2. The molecule has 1 aliphatic heterocycles. The van der Waals surface area contributed by atoms with Gasteiger partial charge in [-0.3, -0.25) is 4.79 Å². The third-order valence-corrected chi connectivity index (χ3v) is 2.58. The first kappa shape index (κ1) is 11.0. The number of hydrogen-bond acceptors (Lipinski definition) is 2. The van der Waals surface area contributed by atoms with Gasteiger partial charge in [-0.1, -0.05) is 18.2 Å². The van der Waals surface area contributed by atoms with Gasteiger partial charge >= 0.3 is 12.1 Å². The number of halogens is 3. The fourth-order valence-electron chi connectivity index (χ4n) is 1.84. The molecule has 0 amide bonds. The van der Waals surface area contributed by atoms with E-state index in [0.29, 0.717) is 6.42 Å². The molecule has 2 nitrogen and oxygen atoms in total. The number of ether oxygens (including phenoxy) is 1. The molecule has 2 rings (SSSR count). The molecular weight excluding hydrogens is 221 g/mol. The van der Waals surface area contributed by atoms with E-state index in [1.807, 2.05) is 0 Å². The predicted octanol–water partition coefficient (Wildman–Crippen LogP) is 2.74. The van der Waals surface area contributed by atoms with Gasteiger partial charge in [-0.05, 0) is 18.1 Å². The lowest BCUT2D eigenvalue weighted by atomic mass is 9.93. The lowest BCUT2D eigenvalue weighted by Crippen LogP contribution is -2.14. The van der Waals surface area contributed by atoms with Crippen molar-refractivity contribution in [2.75, 3.05) is 6.61 Å². The fourth-order valence-corrected chi connectivity index (χ4v) is 1.84. The van der Waals surface area contributed by atoms with Crippen LogP contribution in [-0.4, -0.2) is 12.6 Å². The first-order chi connectivity index (χ1) is 7.50. The average Bonchev–Trinajstić information content (AvgIpc) is 2.63. The SMILES string of the molecule is O=C1OCCC1c1ccccc1C(F)(F)F. The van der Waals surface area contributed by atoms with E-state index >= 15 is 0 Å². The Morgan fingerprint density at radius 2 is 1.94 bits per heavy atom. The summed E-state index contributed by atoms with van der Waals surface area (Å²) in [5.41, 5.74) is -0.739. The summed E-state index contributed by atoms with van der Waals surface area (Å²) in [4.78, 5) is 11.3. The molecule has 0 spiro atoms. The van der Waals surface area contributed by atoms with Crippen LogP contribution in [0.2, 0.25) is 0 Å². The molecule has 0 radical (unpaired) electrons. The number of cyclic esters (lactones) is 1. The van der Waals surface area contributed by atoms with Crippen molar-refractivity contribution in [3.05, 3.63) is 35.4 Å². The van der Waals surface area contributed by atoms with Crippen LogP contribution in [0.15, 0.2) is 24.3 Å². The summed E-state index contributed by atoms with van der Waals surface area (Å²) in [5.74, 6) is -1.35. The van der Waals surface area contributed by atoms with Gasteiger partial charge < -0.3 is 4.74 Å². The van der Waals surface area contributed by atoms with E-state index in [4.69, 9.17) is 0 Å². The Kier molecular flexibility index (Phi) is 2.61. The van der Waals surface area contributed by atoms with Crippen LogP contribution >= 0.6 is 0 Å². The summed E-state index contributed by atoms with van der Waals surface area (Å²) in [5, 5.41) is 0. The molecule has 0 saturated carbocycles.